The lowest BCUT2D eigenvalue weighted by Crippen LogP contribution is -2.11. The van der Waals surface area contributed by atoms with Crippen molar-refractivity contribution in [1.29, 1.82) is 0 Å². The first-order valence-electron chi connectivity index (χ1n) is 9.14. The van der Waals surface area contributed by atoms with Gasteiger partial charge in [-0.1, -0.05) is 44.0 Å². The number of aromatic nitrogens is 1. The summed E-state index contributed by atoms with van der Waals surface area (Å²) in [5.41, 5.74) is 16.3. The van der Waals surface area contributed by atoms with Gasteiger partial charge >= 0.3 is 0 Å². The first-order valence-corrected chi connectivity index (χ1v) is 9.14. The Kier molecular flexibility index (Phi) is 5.52. The molecule has 1 aromatic heterocycles. The van der Waals surface area contributed by atoms with Crippen LogP contribution < -0.4 is 11.5 Å². The zero-order valence-corrected chi connectivity index (χ0v) is 15.2. The van der Waals surface area contributed by atoms with E-state index in [-0.39, 0.29) is 0 Å². The van der Waals surface area contributed by atoms with Gasteiger partial charge in [-0.2, -0.15) is 0 Å². The Morgan fingerprint density at radius 2 is 1.85 bits per heavy atom. The predicted octanol–water partition coefficient (Wildman–Crippen LogP) is 4.24. The fourth-order valence-electron chi connectivity index (χ4n) is 3.29. The van der Waals surface area contributed by atoms with Gasteiger partial charge in [0.2, 0.25) is 5.91 Å². The van der Waals surface area contributed by atoms with Crippen LogP contribution in [0.2, 0.25) is 0 Å². The van der Waals surface area contributed by atoms with Crippen molar-refractivity contribution in [3.8, 4) is 0 Å². The molecular weight excluding hydrogens is 322 g/mol. The second kappa shape index (κ2) is 8.00. The van der Waals surface area contributed by atoms with E-state index in [0.717, 1.165) is 41.3 Å². The van der Waals surface area contributed by atoms with Crippen LogP contribution in [-0.2, 0) is 12.8 Å². The molecule has 0 unspecified atom stereocenters. The van der Waals surface area contributed by atoms with Crippen LogP contribution in [0.3, 0.4) is 0 Å². The quantitative estimate of drug-likeness (QED) is 0.627. The average molecular weight is 347 g/mol. The highest BCUT2D eigenvalue weighted by molar-refractivity contribution is 5.93. The standard InChI is InChI=1S/C22H25N3O/c1-2-3-4-8-17-14-19-16(9-6-11-20(19)25-21(17)23)12-15-7-5-10-18(13-15)22(24)26/h5-7,9-11,13-14H,2-4,8,12H2,1H3,(H2,23,25)(H2,24,26). The van der Waals surface area contributed by atoms with Crippen molar-refractivity contribution in [2.24, 2.45) is 5.73 Å². The molecule has 0 aliphatic rings. The molecule has 0 saturated heterocycles. The topological polar surface area (TPSA) is 82.0 Å². The molecule has 0 spiro atoms. The Morgan fingerprint density at radius 3 is 2.62 bits per heavy atom. The normalized spacial score (nSPS) is 11.0. The molecular formula is C22H25N3O. The fourth-order valence-corrected chi connectivity index (χ4v) is 3.29. The van der Waals surface area contributed by atoms with Gasteiger partial charge in [-0.25, -0.2) is 4.98 Å². The second-order valence-electron chi connectivity index (χ2n) is 6.72. The van der Waals surface area contributed by atoms with Crippen molar-refractivity contribution in [3.63, 3.8) is 0 Å². The zero-order chi connectivity index (χ0) is 18.5. The lowest BCUT2D eigenvalue weighted by atomic mass is 9.97. The van der Waals surface area contributed by atoms with Crippen LogP contribution >= 0.6 is 0 Å². The molecule has 2 aromatic carbocycles. The number of hydrogen-bond acceptors (Lipinski definition) is 3. The molecule has 3 aromatic rings. The number of pyridine rings is 1. The summed E-state index contributed by atoms with van der Waals surface area (Å²) in [6.07, 6.45) is 5.17. The lowest BCUT2D eigenvalue weighted by molar-refractivity contribution is 0.1000. The van der Waals surface area contributed by atoms with Crippen LogP contribution in [0.25, 0.3) is 10.9 Å². The summed E-state index contributed by atoms with van der Waals surface area (Å²) in [6.45, 7) is 2.19. The average Bonchev–Trinajstić information content (AvgIpc) is 2.63. The van der Waals surface area contributed by atoms with Gasteiger partial charge < -0.3 is 11.5 Å². The van der Waals surface area contributed by atoms with Crippen molar-refractivity contribution in [2.45, 2.75) is 39.0 Å². The number of aryl methyl sites for hydroxylation is 1. The molecule has 3 rings (SSSR count). The van der Waals surface area contributed by atoms with Gasteiger partial charge in [-0.05, 0) is 60.2 Å². The number of nitrogen functional groups attached to an aromatic ring is 1. The van der Waals surface area contributed by atoms with E-state index >= 15 is 0 Å². The number of nitrogens with two attached hydrogens (primary N) is 2. The third kappa shape index (κ3) is 4.02. The van der Waals surface area contributed by atoms with Crippen LogP contribution in [0.1, 0.15) is 53.2 Å². The number of carbonyl (C=O) groups is 1. The van der Waals surface area contributed by atoms with E-state index in [1.54, 1.807) is 6.07 Å². The summed E-state index contributed by atoms with van der Waals surface area (Å²) >= 11 is 0. The number of fused-ring (bicyclic) bond motifs is 1. The van der Waals surface area contributed by atoms with E-state index < -0.39 is 5.91 Å². The van der Waals surface area contributed by atoms with Gasteiger partial charge in [0.15, 0.2) is 0 Å². The molecule has 0 atom stereocenters. The first-order chi connectivity index (χ1) is 12.6. The van der Waals surface area contributed by atoms with Crippen LogP contribution in [0, 0.1) is 0 Å². The molecule has 0 saturated carbocycles. The number of nitrogens with zero attached hydrogens (tertiary/aromatic N) is 1. The maximum atomic E-state index is 11.4. The molecule has 134 valence electrons. The SMILES string of the molecule is CCCCCc1cc2c(Cc3cccc(C(N)=O)c3)cccc2nc1N. The van der Waals surface area contributed by atoms with Crippen LogP contribution in [0.5, 0.6) is 0 Å². The van der Waals surface area contributed by atoms with Gasteiger partial charge in [0.1, 0.15) is 5.82 Å². The number of rotatable bonds is 7. The minimum absolute atomic E-state index is 0.405. The molecule has 0 aliphatic carbocycles. The molecule has 4 nitrogen and oxygen atoms in total. The summed E-state index contributed by atoms with van der Waals surface area (Å²) in [6, 6.07) is 15.7. The van der Waals surface area contributed by atoms with Gasteiger partial charge in [0, 0.05) is 10.9 Å². The van der Waals surface area contributed by atoms with Gasteiger partial charge in [-0.3, -0.25) is 4.79 Å². The van der Waals surface area contributed by atoms with Gasteiger partial charge in [-0.15, -0.1) is 0 Å². The Hall–Kier alpha value is -2.88. The highest BCUT2D eigenvalue weighted by Crippen LogP contribution is 2.25. The number of carbonyl (C=O) groups excluding carboxylic acids is 1. The second-order valence-corrected chi connectivity index (χ2v) is 6.72. The van der Waals surface area contributed by atoms with E-state index in [4.69, 9.17) is 11.5 Å². The van der Waals surface area contributed by atoms with E-state index in [1.165, 1.54) is 18.4 Å². The molecule has 4 N–H and O–H groups in total. The Bertz CT molecular complexity index is 934. The molecule has 0 bridgehead atoms. The Morgan fingerprint density at radius 1 is 1.04 bits per heavy atom. The Labute approximate surface area is 154 Å². The molecule has 1 heterocycles. The minimum Gasteiger partial charge on any atom is -0.383 e. The maximum absolute atomic E-state index is 11.4. The highest BCUT2D eigenvalue weighted by Gasteiger charge is 2.09. The molecule has 26 heavy (non-hydrogen) atoms. The lowest BCUT2D eigenvalue weighted by Gasteiger charge is -2.11. The van der Waals surface area contributed by atoms with E-state index in [1.807, 2.05) is 30.3 Å². The third-order valence-corrected chi connectivity index (χ3v) is 4.72. The molecule has 0 fully saturated rings. The number of benzene rings is 2. The van der Waals surface area contributed by atoms with Crippen molar-refractivity contribution in [2.75, 3.05) is 5.73 Å². The van der Waals surface area contributed by atoms with Crippen molar-refractivity contribution in [3.05, 3.63) is 70.8 Å². The summed E-state index contributed by atoms with van der Waals surface area (Å²) < 4.78 is 0. The largest absolute Gasteiger partial charge is 0.383 e. The Balaban J connectivity index is 1.96. The number of amides is 1. The minimum atomic E-state index is -0.405. The third-order valence-electron chi connectivity index (χ3n) is 4.72. The summed E-state index contributed by atoms with van der Waals surface area (Å²) in [4.78, 5) is 16.0. The van der Waals surface area contributed by atoms with Crippen molar-refractivity contribution >= 4 is 22.6 Å². The summed E-state index contributed by atoms with van der Waals surface area (Å²) in [5, 5.41) is 1.12. The molecule has 0 radical (unpaired) electrons. The van der Waals surface area contributed by atoms with Crippen molar-refractivity contribution < 1.29 is 4.79 Å². The zero-order valence-electron chi connectivity index (χ0n) is 15.2. The number of unbranched alkanes of at least 4 members (excludes halogenated alkanes) is 2. The van der Waals surface area contributed by atoms with Gasteiger partial charge in [0.05, 0.1) is 5.52 Å². The smallest absolute Gasteiger partial charge is 0.248 e. The molecule has 4 heteroatoms. The van der Waals surface area contributed by atoms with E-state index in [9.17, 15) is 4.79 Å². The van der Waals surface area contributed by atoms with Crippen molar-refractivity contribution in [1.82, 2.24) is 4.98 Å². The van der Waals surface area contributed by atoms with Gasteiger partial charge in [0.25, 0.3) is 0 Å². The van der Waals surface area contributed by atoms with Crippen LogP contribution in [0.4, 0.5) is 5.82 Å². The number of primary amides is 1. The summed E-state index contributed by atoms with van der Waals surface area (Å²) in [5.74, 6) is 0.221. The fraction of sp³-hybridized carbons (Fsp3) is 0.273. The van der Waals surface area contributed by atoms with E-state index in [2.05, 4.69) is 24.0 Å². The molecule has 1 amide bonds. The van der Waals surface area contributed by atoms with E-state index in [0.29, 0.717) is 11.4 Å². The molecule has 0 aliphatic heterocycles. The number of hydrogen-bond donors (Lipinski definition) is 2. The van der Waals surface area contributed by atoms with Crippen LogP contribution in [0.15, 0.2) is 48.5 Å². The predicted molar refractivity (Wildman–Crippen MR) is 107 cm³/mol. The number of anilines is 1. The first kappa shape index (κ1) is 17.9. The summed E-state index contributed by atoms with van der Waals surface area (Å²) in [7, 11) is 0. The monoisotopic (exact) mass is 347 g/mol. The van der Waals surface area contributed by atoms with Crippen LogP contribution in [-0.4, -0.2) is 10.9 Å². The highest BCUT2D eigenvalue weighted by atomic mass is 16.1. The maximum Gasteiger partial charge on any atom is 0.248 e.